The molecule has 0 aliphatic carbocycles. The lowest BCUT2D eigenvalue weighted by molar-refractivity contribution is -0.139. The lowest BCUT2D eigenvalue weighted by Crippen LogP contribution is -2.46. The fourth-order valence-electron chi connectivity index (χ4n) is 4.46. The minimum atomic E-state index is -0.404. The Hall–Kier alpha value is -3.39. The molecule has 0 bridgehead atoms. The van der Waals surface area contributed by atoms with Crippen LogP contribution in [0.5, 0.6) is 11.5 Å². The number of fused-ring (bicyclic) bond motifs is 1. The molecule has 3 aliphatic heterocycles. The second kappa shape index (κ2) is 7.94. The number of carbonyl (C=O) groups is 2. The van der Waals surface area contributed by atoms with E-state index in [-0.39, 0.29) is 37.0 Å². The van der Waals surface area contributed by atoms with Crippen LogP contribution < -0.4 is 9.47 Å². The van der Waals surface area contributed by atoms with Crippen molar-refractivity contribution in [2.24, 2.45) is 0 Å². The molecular formula is C24H23FN2O5. The van der Waals surface area contributed by atoms with Gasteiger partial charge in [0.25, 0.3) is 11.8 Å². The summed E-state index contributed by atoms with van der Waals surface area (Å²) in [5.74, 6) is 0.0483. The average Bonchev–Trinajstić information content (AvgIpc) is 3.31. The summed E-state index contributed by atoms with van der Waals surface area (Å²) in [4.78, 5) is 30.2. The van der Waals surface area contributed by atoms with Crippen LogP contribution in [0.1, 0.15) is 25.0 Å². The van der Waals surface area contributed by atoms with Crippen molar-refractivity contribution in [1.82, 2.24) is 9.80 Å². The maximum Gasteiger partial charge on any atom is 0.278 e. The van der Waals surface area contributed by atoms with E-state index in [1.165, 1.54) is 29.2 Å². The van der Waals surface area contributed by atoms with Crippen LogP contribution in [0.3, 0.4) is 0 Å². The quantitative estimate of drug-likeness (QED) is 0.684. The van der Waals surface area contributed by atoms with E-state index < -0.39 is 11.7 Å². The highest BCUT2D eigenvalue weighted by atomic mass is 19.1. The second-order valence-corrected chi connectivity index (χ2v) is 8.28. The molecule has 2 aromatic carbocycles. The van der Waals surface area contributed by atoms with Gasteiger partial charge in [-0.25, -0.2) is 4.39 Å². The number of halogens is 1. The van der Waals surface area contributed by atoms with Crippen LogP contribution in [-0.4, -0.2) is 53.7 Å². The molecule has 0 spiro atoms. The highest BCUT2D eigenvalue weighted by Crippen LogP contribution is 2.36. The Bertz CT molecular complexity index is 1100. The van der Waals surface area contributed by atoms with Gasteiger partial charge in [0, 0.05) is 13.1 Å². The van der Waals surface area contributed by atoms with Crippen LogP contribution >= 0.6 is 0 Å². The van der Waals surface area contributed by atoms with Gasteiger partial charge < -0.3 is 19.1 Å². The molecule has 2 amide bonds. The topological polar surface area (TPSA) is 68.3 Å². The molecule has 0 aromatic heterocycles. The van der Waals surface area contributed by atoms with Gasteiger partial charge in [-0.15, -0.1) is 0 Å². The number of rotatable bonds is 4. The number of amides is 2. The van der Waals surface area contributed by atoms with Crippen molar-refractivity contribution >= 4 is 17.4 Å². The van der Waals surface area contributed by atoms with Crippen LogP contribution in [0.25, 0.3) is 5.57 Å². The Balaban J connectivity index is 1.51. The summed E-state index contributed by atoms with van der Waals surface area (Å²) in [6, 6.07) is 11.0. The zero-order valence-electron chi connectivity index (χ0n) is 17.8. The largest absolute Gasteiger partial charge is 0.454 e. The molecule has 32 heavy (non-hydrogen) atoms. The number of hydrogen-bond donors (Lipinski definition) is 0. The molecule has 1 saturated heterocycles. The van der Waals surface area contributed by atoms with E-state index >= 15 is 0 Å². The highest BCUT2D eigenvalue weighted by Gasteiger charge is 2.43. The van der Waals surface area contributed by atoms with Gasteiger partial charge in [-0.2, -0.15) is 0 Å². The predicted molar refractivity (Wildman–Crippen MR) is 113 cm³/mol. The molecule has 2 atom stereocenters. The fraction of sp³-hybridized carbons (Fsp3) is 0.333. The maximum absolute atomic E-state index is 13.6. The van der Waals surface area contributed by atoms with E-state index in [9.17, 15) is 14.0 Å². The summed E-state index contributed by atoms with van der Waals surface area (Å²) in [6.07, 6.45) is -0.182. The smallest absolute Gasteiger partial charge is 0.278 e. The Kier molecular flexibility index (Phi) is 5.09. The van der Waals surface area contributed by atoms with Crippen LogP contribution in [0, 0.1) is 5.82 Å². The molecule has 0 radical (unpaired) electrons. The number of carbonyl (C=O) groups excluding carboxylic acids is 2. The molecule has 3 aliphatic rings. The third-order valence-corrected chi connectivity index (χ3v) is 5.79. The summed E-state index contributed by atoms with van der Waals surface area (Å²) in [7, 11) is 0. The number of nitrogens with zero attached hydrogens (tertiary/aromatic N) is 2. The van der Waals surface area contributed by atoms with Crippen molar-refractivity contribution in [2.45, 2.75) is 32.6 Å². The third kappa shape index (κ3) is 3.60. The summed E-state index contributed by atoms with van der Waals surface area (Å²) in [5, 5.41) is 0. The van der Waals surface area contributed by atoms with Crippen LogP contribution in [0.2, 0.25) is 0 Å². The minimum Gasteiger partial charge on any atom is -0.454 e. The Morgan fingerprint density at radius 3 is 2.34 bits per heavy atom. The first-order valence-corrected chi connectivity index (χ1v) is 10.6. The van der Waals surface area contributed by atoms with Crippen molar-refractivity contribution in [1.29, 1.82) is 0 Å². The van der Waals surface area contributed by atoms with E-state index in [4.69, 9.17) is 14.2 Å². The van der Waals surface area contributed by atoms with Crippen molar-refractivity contribution in [3.8, 4) is 11.5 Å². The standard InChI is InChI=1S/C24H23FN2O5/c1-14-10-26(11-15(2)32-14)22-21(17-4-6-18(25)7-5-17)23(28)27(24(22)29)12-16-3-8-19-20(9-16)31-13-30-19/h3-9,14-15H,10-13H2,1-2H3. The normalized spacial score (nSPS) is 22.8. The van der Waals surface area contributed by atoms with Gasteiger partial charge in [0.05, 0.1) is 24.3 Å². The fourth-order valence-corrected chi connectivity index (χ4v) is 4.46. The molecule has 2 unspecified atom stereocenters. The van der Waals surface area contributed by atoms with Gasteiger partial charge in [-0.1, -0.05) is 18.2 Å². The zero-order chi connectivity index (χ0) is 22.4. The van der Waals surface area contributed by atoms with Gasteiger partial charge in [0.15, 0.2) is 11.5 Å². The summed E-state index contributed by atoms with van der Waals surface area (Å²) >= 11 is 0. The van der Waals surface area contributed by atoms with E-state index in [0.29, 0.717) is 35.8 Å². The minimum absolute atomic E-state index is 0.0912. The monoisotopic (exact) mass is 438 g/mol. The molecule has 2 aromatic rings. The van der Waals surface area contributed by atoms with Crippen molar-refractivity contribution in [3.05, 3.63) is 65.1 Å². The van der Waals surface area contributed by atoms with Crippen LogP contribution in [0.4, 0.5) is 4.39 Å². The SMILES string of the molecule is CC1CN(C2=C(c3ccc(F)cc3)C(=O)N(Cc3ccc4c(c3)OCO4)C2=O)CC(C)O1. The van der Waals surface area contributed by atoms with Crippen molar-refractivity contribution in [3.63, 3.8) is 0 Å². The zero-order valence-corrected chi connectivity index (χ0v) is 17.8. The molecule has 0 N–H and O–H groups in total. The number of benzene rings is 2. The summed E-state index contributed by atoms with van der Waals surface area (Å²) in [6.45, 7) is 5.09. The molecule has 5 rings (SSSR count). The number of hydrogen-bond acceptors (Lipinski definition) is 6. The number of ether oxygens (including phenoxy) is 3. The van der Waals surface area contributed by atoms with Gasteiger partial charge in [-0.05, 0) is 49.2 Å². The molecule has 8 heteroatoms. The van der Waals surface area contributed by atoms with Crippen LogP contribution in [-0.2, 0) is 20.9 Å². The number of imide groups is 1. The van der Waals surface area contributed by atoms with Gasteiger partial charge >= 0.3 is 0 Å². The highest BCUT2D eigenvalue weighted by molar-refractivity contribution is 6.35. The summed E-state index contributed by atoms with van der Waals surface area (Å²) in [5.41, 5.74) is 1.89. The predicted octanol–water partition coefficient (Wildman–Crippen LogP) is 2.94. The lowest BCUT2D eigenvalue weighted by Gasteiger charge is -2.37. The number of morpholine rings is 1. The Morgan fingerprint density at radius 2 is 1.62 bits per heavy atom. The van der Waals surface area contributed by atoms with Crippen molar-refractivity contribution < 1.29 is 28.2 Å². The van der Waals surface area contributed by atoms with Crippen LogP contribution in [0.15, 0.2) is 48.2 Å². The van der Waals surface area contributed by atoms with E-state index in [1.54, 1.807) is 12.1 Å². The molecule has 0 saturated carbocycles. The first kappa shape index (κ1) is 20.5. The second-order valence-electron chi connectivity index (χ2n) is 8.28. The molecule has 166 valence electrons. The molecule has 1 fully saturated rings. The Morgan fingerprint density at radius 1 is 0.938 bits per heavy atom. The Labute approximate surface area is 185 Å². The molecule has 3 heterocycles. The van der Waals surface area contributed by atoms with E-state index in [0.717, 1.165) is 5.56 Å². The van der Waals surface area contributed by atoms with E-state index in [1.807, 2.05) is 24.8 Å². The van der Waals surface area contributed by atoms with Gasteiger partial charge in [0.1, 0.15) is 11.5 Å². The maximum atomic E-state index is 13.6. The lowest BCUT2D eigenvalue weighted by atomic mass is 10.0. The van der Waals surface area contributed by atoms with Crippen molar-refractivity contribution in [2.75, 3.05) is 19.9 Å². The van der Waals surface area contributed by atoms with E-state index in [2.05, 4.69) is 0 Å². The first-order valence-electron chi connectivity index (χ1n) is 10.6. The summed E-state index contributed by atoms with van der Waals surface area (Å²) < 4.78 is 30.1. The van der Waals surface area contributed by atoms with Gasteiger partial charge in [-0.3, -0.25) is 14.5 Å². The molecule has 7 nitrogen and oxygen atoms in total. The third-order valence-electron chi connectivity index (χ3n) is 5.79. The molecular weight excluding hydrogens is 415 g/mol. The van der Waals surface area contributed by atoms with Gasteiger partial charge in [0.2, 0.25) is 6.79 Å². The first-order chi connectivity index (χ1) is 15.4. The average molecular weight is 438 g/mol.